The van der Waals surface area contributed by atoms with Crippen LogP contribution in [0.1, 0.15) is 22.4 Å². The van der Waals surface area contributed by atoms with E-state index in [1.165, 1.54) is 0 Å². The van der Waals surface area contributed by atoms with E-state index in [1.807, 2.05) is 65.2 Å². The van der Waals surface area contributed by atoms with Crippen molar-refractivity contribution in [1.29, 1.82) is 5.26 Å². The lowest BCUT2D eigenvalue weighted by Gasteiger charge is -2.36. The Kier molecular flexibility index (Phi) is 4.46. The van der Waals surface area contributed by atoms with Crippen LogP contribution in [0.3, 0.4) is 0 Å². The number of nitrogens with zero attached hydrogens (tertiary/aromatic N) is 4. The van der Waals surface area contributed by atoms with E-state index >= 15 is 0 Å². The van der Waals surface area contributed by atoms with Crippen molar-refractivity contribution in [2.45, 2.75) is 13.1 Å². The van der Waals surface area contributed by atoms with Crippen molar-refractivity contribution in [3.63, 3.8) is 0 Å². The van der Waals surface area contributed by atoms with Crippen molar-refractivity contribution in [3.05, 3.63) is 95.8 Å². The van der Waals surface area contributed by atoms with Crippen LogP contribution in [-0.2, 0) is 13.1 Å². The average Bonchev–Trinajstić information content (AvgIpc) is 3.09. The Hall–Kier alpha value is -3.78. The van der Waals surface area contributed by atoms with E-state index in [0.717, 1.165) is 16.8 Å². The predicted octanol–water partition coefficient (Wildman–Crippen LogP) is 4.45. The third-order valence-corrected chi connectivity index (χ3v) is 5.00. The number of nitriles is 1. The molecule has 138 valence electrons. The topological polar surface area (TPSA) is 52.3 Å². The molecular weight excluding hydrogens is 348 g/mol. The van der Waals surface area contributed by atoms with Crippen molar-refractivity contribution < 1.29 is 4.79 Å². The first kappa shape index (κ1) is 17.6. The fraction of sp³-hybridized carbons (Fsp3) is 0.130. The molecule has 4 rings (SSSR count). The molecule has 0 radical (unpaired) electrons. The molecule has 5 heteroatoms. The van der Waals surface area contributed by atoms with Crippen molar-refractivity contribution in [2.24, 2.45) is 0 Å². The van der Waals surface area contributed by atoms with E-state index in [2.05, 4.69) is 12.6 Å². The maximum atomic E-state index is 13.0. The number of hydrogen-bond donors (Lipinski definition) is 0. The Bertz CT molecular complexity index is 1080. The van der Waals surface area contributed by atoms with Crippen LogP contribution >= 0.6 is 0 Å². The maximum absolute atomic E-state index is 13.0. The molecule has 0 saturated carbocycles. The number of carbonyl (C=O) groups is 1. The summed E-state index contributed by atoms with van der Waals surface area (Å²) in [5, 5.41) is 9.62. The van der Waals surface area contributed by atoms with E-state index in [4.69, 9.17) is 0 Å². The number of aromatic nitrogens is 1. The summed E-state index contributed by atoms with van der Waals surface area (Å²) < 4.78 is 2.01. The zero-order valence-corrected chi connectivity index (χ0v) is 15.7. The molecular formula is C23H20N4O. The van der Waals surface area contributed by atoms with Crippen molar-refractivity contribution in [2.75, 3.05) is 11.9 Å². The normalized spacial score (nSPS) is 13.4. The van der Waals surface area contributed by atoms with Gasteiger partial charge >= 0.3 is 6.03 Å². The quantitative estimate of drug-likeness (QED) is 0.683. The third-order valence-electron chi connectivity index (χ3n) is 5.00. The number of amides is 2. The van der Waals surface area contributed by atoms with Gasteiger partial charge in [-0.1, -0.05) is 67.2 Å². The highest BCUT2D eigenvalue weighted by molar-refractivity contribution is 6.04. The van der Waals surface area contributed by atoms with Gasteiger partial charge in [-0.2, -0.15) is 5.26 Å². The Morgan fingerprint density at radius 1 is 0.964 bits per heavy atom. The molecule has 2 amide bonds. The molecule has 0 fully saturated rings. The molecule has 1 aliphatic rings. The van der Waals surface area contributed by atoms with Crippen molar-refractivity contribution in [3.8, 4) is 6.07 Å². The minimum atomic E-state index is -0.185. The highest BCUT2D eigenvalue weighted by Crippen LogP contribution is 2.39. The first-order chi connectivity index (χ1) is 13.6. The molecule has 2 aromatic carbocycles. The molecule has 0 unspecified atom stereocenters. The van der Waals surface area contributed by atoms with Gasteiger partial charge in [0.15, 0.2) is 0 Å². The van der Waals surface area contributed by atoms with Crippen molar-refractivity contribution in [1.82, 2.24) is 9.47 Å². The van der Waals surface area contributed by atoms with Gasteiger partial charge in [0.2, 0.25) is 0 Å². The molecule has 0 atom stereocenters. The number of carbonyl (C=O) groups excluding carboxylic acids is 1. The van der Waals surface area contributed by atoms with Gasteiger partial charge in [0.25, 0.3) is 0 Å². The smallest absolute Gasteiger partial charge is 0.329 e. The zero-order chi connectivity index (χ0) is 19.7. The molecule has 1 aromatic heterocycles. The third kappa shape index (κ3) is 2.95. The largest absolute Gasteiger partial charge is 0.339 e. The molecule has 0 N–H and O–H groups in total. The van der Waals surface area contributed by atoms with Crippen LogP contribution in [-0.4, -0.2) is 22.5 Å². The summed E-state index contributed by atoms with van der Waals surface area (Å²) >= 11 is 0. The van der Waals surface area contributed by atoms with Crippen LogP contribution in [0.15, 0.2) is 73.4 Å². The van der Waals surface area contributed by atoms with Gasteiger partial charge in [0.05, 0.1) is 29.2 Å². The lowest BCUT2D eigenvalue weighted by molar-refractivity contribution is 0.223. The second-order valence-electron chi connectivity index (χ2n) is 6.83. The number of urea groups is 1. The highest BCUT2D eigenvalue weighted by Gasteiger charge is 2.36. The van der Waals surface area contributed by atoms with Gasteiger partial charge in [-0.05, 0) is 11.1 Å². The number of fused-ring (bicyclic) bond motifs is 1. The summed E-state index contributed by atoms with van der Waals surface area (Å²) in [7, 11) is 1.71. The molecule has 3 aromatic rings. The Labute approximate surface area is 164 Å². The molecule has 5 nitrogen and oxygen atoms in total. The average molecular weight is 368 g/mol. The number of hydrogen-bond acceptors (Lipinski definition) is 2. The number of anilines is 1. The molecule has 0 aliphatic carbocycles. The molecule has 1 aliphatic heterocycles. The summed E-state index contributed by atoms with van der Waals surface area (Å²) in [4.78, 5) is 16.2. The predicted molar refractivity (Wildman–Crippen MR) is 110 cm³/mol. The molecule has 2 heterocycles. The summed E-state index contributed by atoms with van der Waals surface area (Å²) in [6.07, 6.45) is 1.80. The van der Waals surface area contributed by atoms with E-state index < -0.39 is 0 Å². The van der Waals surface area contributed by atoms with Gasteiger partial charge in [-0.25, -0.2) is 4.79 Å². The lowest BCUT2D eigenvalue weighted by Crippen LogP contribution is -2.44. The summed E-state index contributed by atoms with van der Waals surface area (Å²) in [5.41, 5.74) is 4.65. The monoisotopic (exact) mass is 368 g/mol. The minimum absolute atomic E-state index is 0.185. The Balaban J connectivity index is 1.77. The van der Waals surface area contributed by atoms with E-state index in [9.17, 15) is 10.1 Å². The molecule has 0 saturated heterocycles. The molecule has 0 bridgehead atoms. The van der Waals surface area contributed by atoms with Gasteiger partial charge < -0.3 is 4.57 Å². The van der Waals surface area contributed by atoms with Crippen LogP contribution in [0.5, 0.6) is 0 Å². The fourth-order valence-corrected chi connectivity index (χ4v) is 3.62. The van der Waals surface area contributed by atoms with Crippen LogP contribution in [0.25, 0.3) is 5.70 Å². The van der Waals surface area contributed by atoms with E-state index in [-0.39, 0.29) is 6.03 Å². The number of rotatable bonds is 4. The van der Waals surface area contributed by atoms with E-state index in [0.29, 0.717) is 30.0 Å². The van der Waals surface area contributed by atoms with Crippen LogP contribution in [0.2, 0.25) is 0 Å². The zero-order valence-electron chi connectivity index (χ0n) is 15.7. The SMILES string of the molecule is C=C1c2c(c(C#N)cn2Cc2ccccc2)N(C)C(=O)N1Cc1ccccc1. The number of benzene rings is 2. The second-order valence-corrected chi connectivity index (χ2v) is 6.83. The minimum Gasteiger partial charge on any atom is -0.339 e. The summed E-state index contributed by atoms with van der Waals surface area (Å²) in [5.74, 6) is 0. The van der Waals surface area contributed by atoms with Gasteiger partial charge in [0.1, 0.15) is 6.07 Å². The first-order valence-corrected chi connectivity index (χ1v) is 9.05. The van der Waals surface area contributed by atoms with Crippen LogP contribution in [0, 0.1) is 11.3 Å². The van der Waals surface area contributed by atoms with Gasteiger partial charge in [0, 0.05) is 19.8 Å². The first-order valence-electron chi connectivity index (χ1n) is 9.05. The van der Waals surface area contributed by atoms with Crippen LogP contribution < -0.4 is 4.90 Å². The highest BCUT2D eigenvalue weighted by atomic mass is 16.2. The van der Waals surface area contributed by atoms with Crippen LogP contribution in [0.4, 0.5) is 10.5 Å². The molecule has 0 spiro atoms. The van der Waals surface area contributed by atoms with Gasteiger partial charge in [-0.15, -0.1) is 0 Å². The van der Waals surface area contributed by atoms with Crippen molar-refractivity contribution >= 4 is 17.4 Å². The standard InChI is InChI=1S/C23H20N4O/c1-17-21-22(20(13-24)16-26(21)14-18-9-5-3-6-10-18)25(2)23(28)27(17)15-19-11-7-4-8-12-19/h3-12,16H,1,14-15H2,2H3. The summed E-state index contributed by atoms with van der Waals surface area (Å²) in [6.45, 7) is 5.25. The lowest BCUT2D eigenvalue weighted by atomic mass is 10.1. The fourth-order valence-electron chi connectivity index (χ4n) is 3.62. The molecule has 28 heavy (non-hydrogen) atoms. The Morgan fingerprint density at radius 3 is 2.11 bits per heavy atom. The van der Waals surface area contributed by atoms with Gasteiger partial charge in [-0.3, -0.25) is 9.80 Å². The summed E-state index contributed by atoms with van der Waals surface area (Å²) in [6, 6.07) is 21.9. The maximum Gasteiger partial charge on any atom is 0.329 e. The second kappa shape index (κ2) is 7.09. The van der Waals surface area contributed by atoms with E-state index in [1.54, 1.807) is 23.0 Å². The Morgan fingerprint density at radius 2 is 1.54 bits per heavy atom.